The van der Waals surface area contributed by atoms with Crippen LogP contribution in [0.2, 0.25) is 0 Å². The molecule has 0 aliphatic rings. The van der Waals surface area contributed by atoms with Crippen molar-refractivity contribution < 1.29 is 9.53 Å². The predicted octanol–water partition coefficient (Wildman–Crippen LogP) is 5.00. The zero-order chi connectivity index (χ0) is 19.1. The molecule has 27 heavy (non-hydrogen) atoms. The van der Waals surface area contributed by atoms with Gasteiger partial charge in [-0.3, -0.25) is 10.1 Å². The van der Waals surface area contributed by atoms with Crippen LogP contribution in [0.15, 0.2) is 78.9 Å². The highest BCUT2D eigenvalue weighted by Crippen LogP contribution is 2.15. The summed E-state index contributed by atoms with van der Waals surface area (Å²) in [6.07, 6.45) is 0. The van der Waals surface area contributed by atoms with E-state index in [1.807, 2.05) is 54.6 Å². The van der Waals surface area contributed by atoms with Crippen LogP contribution in [-0.4, -0.2) is 11.0 Å². The lowest BCUT2D eigenvalue weighted by Crippen LogP contribution is -2.34. The number of ether oxygens (including phenoxy) is 1. The molecule has 0 aromatic heterocycles. The molecule has 0 atom stereocenters. The Morgan fingerprint density at radius 2 is 1.59 bits per heavy atom. The van der Waals surface area contributed by atoms with Gasteiger partial charge in [0.2, 0.25) is 0 Å². The third kappa shape index (κ3) is 6.04. The van der Waals surface area contributed by atoms with Crippen molar-refractivity contribution >= 4 is 51.5 Å². The molecule has 0 aliphatic heterocycles. The van der Waals surface area contributed by atoms with Gasteiger partial charge in [0.05, 0.1) is 0 Å². The number of carbonyl (C=O) groups is 1. The molecule has 1 amide bonds. The van der Waals surface area contributed by atoms with E-state index in [0.717, 1.165) is 14.8 Å². The highest BCUT2D eigenvalue weighted by molar-refractivity contribution is 14.1. The maximum atomic E-state index is 12.3. The summed E-state index contributed by atoms with van der Waals surface area (Å²) in [6.45, 7) is 0.483. The lowest BCUT2D eigenvalue weighted by Gasteiger charge is -2.10. The molecule has 3 aromatic carbocycles. The maximum absolute atomic E-state index is 12.3. The van der Waals surface area contributed by atoms with Crippen molar-refractivity contribution in [2.75, 3.05) is 5.32 Å². The van der Waals surface area contributed by atoms with E-state index in [-0.39, 0.29) is 11.0 Å². The second-order valence-electron chi connectivity index (χ2n) is 5.71. The molecule has 0 radical (unpaired) electrons. The van der Waals surface area contributed by atoms with E-state index >= 15 is 0 Å². The minimum atomic E-state index is -0.271. The van der Waals surface area contributed by atoms with Crippen LogP contribution in [0.3, 0.4) is 0 Å². The number of halogens is 1. The van der Waals surface area contributed by atoms with Gasteiger partial charge in [0.15, 0.2) is 5.11 Å². The number of thiocarbonyl (C=S) groups is 1. The monoisotopic (exact) mass is 488 g/mol. The fourth-order valence-corrected chi connectivity index (χ4v) is 2.88. The Labute approximate surface area is 177 Å². The highest BCUT2D eigenvalue weighted by atomic mass is 127. The molecule has 0 fully saturated rings. The molecule has 4 nitrogen and oxygen atoms in total. The Balaban J connectivity index is 1.52. The second-order valence-corrected chi connectivity index (χ2v) is 7.37. The normalized spacial score (nSPS) is 10.1. The lowest BCUT2D eigenvalue weighted by atomic mass is 10.2. The summed E-state index contributed by atoms with van der Waals surface area (Å²) in [4.78, 5) is 12.3. The van der Waals surface area contributed by atoms with Gasteiger partial charge in [0, 0.05) is 14.8 Å². The molecule has 0 aliphatic carbocycles. The van der Waals surface area contributed by atoms with Crippen molar-refractivity contribution in [1.29, 1.82) is 0 Å². The molecule has 0 saturated carbocycles. The SMILES string of the molecule is O=C(NC(=S)Nc1ccc(I)cc1)c1ccc(OCc2ccccc2)cc1. The van der Waals surface area contributed by atoms with Crippen molar-refractivity contribution in [2.24, 2.45) is 0 Å². The van der Waals surface area contributed by atoms with Crippen LogP contribution < -0.4 is 15.4 Å². The Hall–Kier alpha value is -2.45. The first-order valence-electron chi connectivity index (χ1n) is 8.25. The number of hydrogen-bond acceptors (Lipinski definition) is 3. The highest BCUT2D eigenvalue weighted by Gasteiger charge is 2.08. The third-order valence-electron chi connectivity index (χ3n) is 3.69. The summed E-state index contributed by atoms with van der Waals surface area (Å²) in [6, 6.07) is 24.6. The number of hydrogen-bond donors (Lipinski definition) is 2. The van der Waals surface area contributed by atoms with Crippen LogP contribution >= 0.6 is 34.8 Å². The van der Waals surface area contributed by atoms with Crippen molar-refractivity contribution in [3.8, 4) is 5.75 Å². The third-order valence-corrected chi connectivity index (χ3v) is 4.62. The zero-order valence-electron chi connectivity index (χ0n) is 14.3. The van der Waals surface area contributed by atoms with Gasteiger partial charge in [-0.25, -0.2) is 0 Å². The van der Waals surface area contributed by atoms with Crippen LogP contribution in [0, 0.1) is 3.57 Å². The number of benzene rings is 3. The van der Waals surface area contributed by atoms with Crippen LogP contribution in [0.25, 0.3) is 0 Å². The summed E-state index contributed by atoms with van der Waals surface area (Å²) < 4.78 is 6.85. The van der Waals surface area contributed by atoms with Gasteiger partial charge >= 0.3 is 0 Å². The number of carbonyl (C=O) groups excluding carboxylic acids is 1. The first-order chi connectivity index (χ1) is 13.1. The summed E-state index contributed by atoms with van der Waals surface area (Å²) in [5.41, 5.74) is 2.42. The Bertz CT molecular complexity index is 913. The smallest absolute Gasteiger partial charge is 0.257 e. The van der Waals surface area contributed by atoms with Crippen molar-refractivity contribution in [3.05, 3.63) is 93.6 Å². The van der Waals surface area contributed by atoms with Gasteiger partial charge < -0.3 is 10.1 Å². The standard InChI is InChI=1S/C21H17IN2O2S/c22-17-8-10-18(11-9-17)23-21(27)24-20(25)16-6-12-19(13-7-16)26-14-15-4-2-1-3-5-15/h1-13H,14H2,(H2,23,24,25,27). The average molecular weight is 488 g/mol. The lowest BCUT2D eigenvalue weighted by molar-refractivity contribution is 0.0977. The number of nitrogens with one attached hydrogen (secondary N) is 2. The fraction of sp³-hybridized carbons (Fsp3) is 0.0476. The molecular weight excluding hydrogens is 471 g/mol. The van der Waals surface area contributed by atoms with E-state index in [2.05, 4.69) is 33.2 Å². The first kappa shape index (κ1) is 19.3. The van der Waals surface area contributed by atoms with Crippen molar-refractivity contribution in [3.63, 3.8) is 0 Å². The van der Waals surface area contributed by atoms with E-state index in [1.54, 1.807) is 24.3 Å². The Kier molecular flexibility index (Phi) is 6.78. The summed E-state index contributed by atoms with van der Waals surface area (Å²) in [7, 11) is 0. The van der Waals surface area contributed by atoms with Gasteiger partial charge in [0.1, 0.15) is 12.4 Å². The molecular formula is C21H17IN2O2S. The Morgan fingerprint density at radius 1 is 0.926 bits per heavy atom. The van der Waals surface area contributed by atoms with E-state index in [0.29, 0.717) is 17.9 Å². The predicted molar refractivity (Wildman–Crippen MR) is 120 cm³/mol. The van der Waals surface area contributed by atoms with E-state index < -0.39 is 0 Å². The average Bonchev–Trinajstić information content (AvgIpc) is 2.69. The van der Waals surface area contributed by atoms with Gasteiger partial charge in [-0.2, -0.15) is 0 Å². The fourth-order valence-electron chi connectivity index (χ4n) is 2.31. The van der Waals surface area contributed by atoms with Crippen molar-refractivity contribution in [1.82, 2.24) is 5.32 Å². The maximum Gasteiger partial charge on any atom is 0.257 e. The molecule has 2 N–H and O–H groups in total. The van der Waals surface area contributed by atoms with Gasteiger partial charge in [0.25, 0.3) is 5.91 Å². The van der Waals surface area contributed by atoms with Crippen LogP contribution in [0.1, 0.15) is 15.9 Å². The van der Waals surface area contributed by atoms with Crippen LogP contribution in [0.4, 0.5) is 5.69 Å². The number of amides is 1. The first-order valence-corrected chi connectivity index (χ1v) is 9.73. The summed E-state index contributed by atoms with van der Waals surface area (Å²) >= 11 is 7.43. The molecule has 0 saturated heterocycles. The van der Waals surface area contributed by atoms with E-state index in [4.69, 9.17) is 17.0 Å². The molecule has 3 rings (SSSR count). The molecule has 0 spiro atoms. The number of rotatable bonds is 5. The molecule has 136 valence electrons. The van der Waals surface area contributed by atoms with Crippen LogP contribution in [-0.2, 0) is 6.61 Å². The van der Waals surface area contributed by atoms with E-state index in [9.17, 15) is 4.79 Å². The molecule has 0 unspecified atom stereocenters. The molecule has 0 heterocycles. The molecule has 3 aromatic rings. The zero-order valence-corrected chi connectivity index (χ0v) is 17.3. The van der Waals surface area contributed by atoms with Gasteiger partial charge in [-0.1, -0.05) is 30.3 Å². The summed E-state index contributed by atoms with van der Waals surface area (Å²) in [5, 5.41) is 5.92. The Morgan fingerprint density at radius 3 is 2.26 bits per heavy atom. The van der Waals surface area contributed by atoms with Crippen LogP contribution in [0.5, 0.6) is 5.75 Å². The topological polar surface area (TPSA) is 50.4 Å². The number of anilines is 1. The van der Waals surface area contributed by atoms with Gasteiger partial charge in [-0.05, 0) is 88.9 Å². The minimum absolute atomic E-state index is 0.255. The molecule has 6 heteroatoms. The largest absolute Gasteiger partial charge is 0.489 e. The minimum Gasteiger partial charge on any atom is -0.489 e. The van der Waals surface area contributed by atoms with Crippen molar-refractivity contribution in [2.45, 2.75) is 6.61 Å². The molecule has 0 bridgehead atoms. The second kappa shape index (κ2) is 9.48. The van der Waals surface area contributed by atoms with Gasteiger partial charge in [-0.15, -0.1) is 0 Å². The van der Waals surface area contributed by atoms with E-state index in [1.165, 1.54) is 0 Å². The quantitative estimate of drug-likeness (QED) is 0.392. The summed E-state index contributed by atoms with van der Waals surface area (Å²) in [5.74, 6) is 0.433.